The maximum Gasteiger partial charge on any atom is 0.277 e. The molecule has 25 heavy (non-hydrogen) atoms. The number of hydrogen-bond acceptors (Lipinski definition) is 6. The molecule has 6 nitrogen and oxygen atoms in total. The van der Waals surface area contributed by atoms with Crippen LogP contribution in [0, 0.1) is 11.3 Å². The molecule has 1 heterocycles. The van der Waals surface area contributed by atoms with E-state index in [4.69, 9.17) is 21.3 Å². The van der Waals surface area contributed by atoms with Gasteiger partial charge in [-0.25, -0.2) is 0 Å². The van der Waals surface area contributed by atoms with Crippen molar-refractivity contribution in [1.29, 1.82) is 5.26 Å². The van der Waals surface area contributed by atoms with Crippen LogP contribution in [0.4, 0.5) is 5.69 Å². The number of amides is 1. The molecule has 8 heteroatoms. The second-order valence-corrected chi connectivity index (χ2v) is 6.18. The molecule has 0 saturated heterocycles. The average Bonchev–Trinajstić information content (AvgIpc) is 3.09. The second-order valence-electron chi connectivity index (χ2n) is 4.85. The summed E-state index contributed by atoms with van der Waals surface area (Å²) in [6.45, 7) is 0. The molecule has 0 fully saturated rings. The number of rotatable bonds is 5. The van der Waals surface area contributed by atoms with Gasteiger partial charge in [-0.05, 0) is 24.3 Å². The summed E-state index contributed by atoms with van der Waals surface area (Å²) in [7, 11) is 0. The zero-order chi connectivity index (χ0) is 17.6. The van der Waals surface area contributed by atoms with Gasteiger partial charge in [-0.3, -0.25) is 4.79 Å². The van der Waals surface area contributed by atoms with Crippen LogP contribution in [0.2, 0.25) is 5.02 Å². The number of aromatic nitrogens is 2. The molecule has 0 saturated carbocycles. The average molecular weight is 371 g/mol. The zero-order valence-electron chi connectivity index (χ0n) is 12.8. The summed E-state index contributed by atoms with van der Waals surface area (Å²) in [6.07, 6.45) is 0. The van der Waals surface area contributed by atoms with Crippen molar-refractivity contribution in [2.45, 2.75) is 5.22 Å². The third-order valence-electron chi connectivity index (χ3n) is 3.16. The fourth-order valence-electron chi connectivity index (χ4n) is 2.01. The summed E-state index contributed by atoms with van der Waals surface area (Å²) in [5.74, 6) is 0.0951. The van der Waals surface area contributed by atoms with Crippen molar-refractivity contribution in [3.8, 4) is 17.5 Å². The number of nitrogens with one attached hydrogen (secondary N) is 1. The van der Waals surface area contributed by atoms with E-state index < -0.39 is 0 Å². The minimum absolute atomic E-state index is 0.0733. The van der Waals surface area contributed by atoms with E-state index in [0.717, 1.165) is 11.8 Å². The third kappa shape index (κ3) is 4.18. The smallest absolute Gasteiger partial charge is 0.277 e. The van der Waals surface area contributed by atoms with Gasteiger partial charge in [-0.1, -0.05) is 47.6 Å². The number of thioether (sulfide) groups is 1. The summed E-state index contributed by atoms with van der Waals surface area (Å²) >= 11 is 7.19. The first-order chi connectivity index (χ1) is 12.2. The lowest BCUT2D eigenvalue weighted by atomic mass is 10.2. The van der Waals surface area contributed by atoms with Crippen LogP contribution >= 0.6 is 23.4 Å². The summed E-state index contributed by atoms with van der Waals surface area (Å²) < 4.78 is 5.52. The summed E-state index contributed by atoms with van der Waals surface area (Å²) in [4.78, 5) is 12.0. The number of halogens is 1. The van der Waals surface area contributed by atoms with E-state index in [1.165, 1.54) is 0 Å². The van der Waals surface area contributed by atoms with Gasteiger partial charge in [0.1, 0.15) is 6.07 Å². The lowest BCUT2D eigenvalue weighted by Crippen LogP contribution is -2.14. The number of para-hydroxylation sites is 1. The maximum absolute atomic E-state index is 12.0. The van der Waals surface area contributed by atoms with Crippen LogP contribution < -0.4 is 5.32 Å². The molecule has 0 aliphatic rings. The predicted octanol–water partition coefficient (Wildman–Crippen LogP) is 3.99. The zero-order valence-corrected chi connectivity index (χ0v) is 14.3. The molecular formula is C17H11ClN4O2S. The number of nitrogens with zero attached hydrogens (tertiary/aromatic N) is 3. The number of anilines is 1. The molecule has 1 amide bonds. The van der Waals surface area contributed by atoms with Gasteiger partial charge in [0.15, 0.2) is 0 Å². The molecule has 0 radical (unpaired) electrons. The maximum atomic E-state index is 12.0. The van der Waals surface area contributed by atoms with Gasteiger partial charge >= 0.3 is 0 Å². The molecule has 2 aromatic carbocycles. The molecule has 1 aromatic heterocycles. The Balaban J connectivity index is 1.62. The Hall–Kier alpha value is -2.82. The normalized spacial score (nSPS) is 10.2. The Labute approximate surface area is 152 Å². The highest BCUT2D eigenvalue weighted by molar-refractivity contribution is 7.99. The molecule has 3 rings (SSSR count). The predicted molar refractivity (Wildman–Crippen MR) is 95.3 cm³/mol. The number of carbonyl (C=O) groups excluding carboxylic acids is 1. The monoisotopic (exact) mass is 370 g/mol. The van der Waals surface area contributed by atoms with Gasteiger partial charge in [0.25, 0.3) is 5.22 Å². The first-order valence-electron chi connectivity index (χ1n) is 7.17. The highest BCUT2D eigenvalue weighted by Gasteiger charge is 2.14. The van der Waals surface area contributed by atoms with Crippen LogP contribution in [0.5, 0.6) is 0 Å². The summed E-state index contributed by atoms with van der Waals surface area (Å²) in [5.41, 5.74) is 1.51. The lowest BCUT2D eigenvalue weighted by Gasteiger charge is -2.05. The molecule has 3 aromatic rings. The minimum atomic E-state index is -0.273. The topological polar surface area (TPSA) is 91.8 Å². The lowest BCUT2D eigenvalue weighted by molar-refractivity contribution is -0.113. The molecule has 0 bridgehead atoms. The standard InChI is InChI=1S/C17H11ClN4O2S/c18-13-7-3-2-6-12(13)16-21-22-17(24-16)25-10-15(23)20-14-8-4-1-5-11(14)9-19/h1-8H,10H2,(H,20,23). The van der Waals surface area contributed by atoms with Crippen molar-refractivity contribution in [3.63, 3.8) is 0 Å². The second kappa shape index (κ2) is 7.83. The summed E-state index contributed by atoms with van der Waals surface area (Å²) in [6, 6.07) is 15.9. The Bertz CT molecular complexity index is 952. The fourth-order valence-corrected chi connectivity index (χ4v) is 2.79. The van der Waals surface area contributed by atoms with Gasteiger partial charge in [-0.15, -0.1) is 10.2 Å². The molecule has 124 valence electrons. The summed E-state index contributed by atoms with van der Waals surface area (Å²) in [5, 5.41) is 20.3. The van der Waals surface area contributed by atoms with Crippen molar-refractivity contribution in [3.05, 3.63) is 59.1 Å². The van der Waals surface area contributed by atoms with Crippen molar-refractivity contribution >= 4 is 35.0 Å². The van der Waals surface area contributed by atoms with Gasteiger partial charge in [-0.2, -0.15) is 5.26 Å². The highest BCUT2D eigenvalue weighted by Crippen LogP contribution is 2.28. The Morgan fingerprint density at radius 2 is 1.96 bits per heavy atom. The van der Waals surface area contributed by atoms with Gasteiger partial charge < -0.3 is 9.73 Å². The SMILES string of the molecule is N#Cc1ccccc1NC(=O)CSc1nnc(-c2ccccc2Cl)o1. The number of hydrogen-bond donors (Lipinski definition) is 1. The van der Waals surface area contributed by atoms with Crippen molar-refractivity contribution in [2.24, 2.45) is 0 Å². The molecular weight excluding hydrogens is 360 g/mol. The largest absolute Gasteiger partial charge is 0.411 e. The fraction of sp³-hybridized carbons (Fsp3) is 0.0588. The van der Waals surface area contributed by atoms with E-state index in [0.29, 0.717) is 27.7 Å². The molecule has 1 N–H and O–H groups in total. The third-order valence-corrected chi connectivity index (χ3v) is 4.31. The number of nitriles is 1. The Morgan fingerprint density at radius 3 is 2.76 bits per heavy atom. The van der Waals surface area contributed by atoms with E-state index in [1.807, 2.05) is 12.1 Å². The van der Waals surface area contributed by atoms with Crippen LogP contribution in [-0.4, -0.2) is 21.9 Å². The van der Waals surface area contributed by atoms with Crippen LogP contribution in [0.25, 0.3) is 11.5 Å². The quantitative estimate of drug-likeness (QED) is 0.682. The molecule has 0 aliphatic heterocycles. The van der Waals surface area contributed by atoms with E-state index in [-0.39, 0.29) is 16.9 Å². The van der Waals surface area contributed by atoms with E-state index in [9.17, 15) is 4.79 Å². The van der Waals surface area contributed by atoms with Crippen LogP contribution in [0.3, 0.4) is 0 Å². The van der Waals surface area contributed by atoms with Crippen molar-refractivity contribution < 1.29 is 9.21 Å². The Kier molecular flexibility index (Phi) is 5.33. The minimum Gasteiger partial charge on any atom is -0.411 e. The molecule has 0 unspecified atom stereocenters. The molecule has 0 aliphatic carbocycles. The number of benzene rings is 2. The van der Waals surface area contributed by atoms with Crippen LogP contribution in [-0.2, 0) is 4.79 Å². The van der Waals surface area contributed by atoms with Crippen LogP contribution in [0.1, 0.15) is 5.56 Å². The number of carbonyl (C=O) groups is 1. The Morgan fingerprint density at radius 1 is 1.20 bits per heavy atom. The molecule has 0 spiro atoms. The van der Waals surface area contributed by atoms with Crippen molar-refractivity contribution in [2.75, 3.05) is 11.1 Å². The van der Waals surface area contributed by atoms with Crippen molar-refractivity contribution in [1.82, 2.24) is 10.2 Å². The van der Waals surface area contributed by atoms with E-state index >= 15 is 0 Å². The molecule has 0 atom stereocenters. The van der Waals surface area contributed by atoms with Gasteiger partial charge in [0.2, 0.25) is 11.8 Å². The van der Waals surface area contributed by atoms with E-state index in [1.54, 1.807) is 42.5 Å². The van der Waals surface area contributed by atoms with E-state index in [2.05, 4.69) is 15.5 Å². The first kappa shape index (κ1) is 17.0. The van der Waals surface area contributed by atoms with Gasteiger partial charge in [0, 0.05) is 0 Å². The van der Waals surface area contributed by atoms with Gasteiger partial charge in [0.05, 0.1) is 27.6 Å². The first-order valence-corrected chi connectivity index (χ1v) is 8.54. The highest BCUT2D eigenvalue weighted by atomic mass is 35.5. The van der Waals surface area contributed by atoms with Crippen LogP contribution in [0.15, 0.2) is 58.2 Å².